The van der Waals surface area contributed by atoms with E-state index < -0.39 is 0 Å². The van der Waals surface area contributed by atoms with E-state index in [9.17, 15) is 9.59 Å². The summed E-state index contributed by atoms with van der Waals surface area (Å²) in [5.74, 6) is 0.116. The molecule has 0 aliphatic carbocycles. The van der Waals surface area contributed by atoms with E-state index in [4.69, 9.17) is 4.74 Å². The van der Waals surface area contributed by atoms with Gasteiger partial charge in [0.05, 0.1) is 23.9 Å². The van der Waals surface area contributed by atoms with Crippen molar-refractivity contribution in [3.05, 3.63) is 95.6 Å². The van der Waals surface area contributed by atoms with Gasteiger partial charge in [-0.25, -0.2) is 0 Å². The molecule has 0 aliphatic rings. The average molecular weight is 417 g/mol. The lowest BCUT2D eigenvalue weighted by atomic mass is 10.1. The van der Waals surface area contributed by atoms with Crippen LogP contribution >= 0.6 is 0 Å². The van der Waals surface area contributed by atoms with E-state index in [1.807, 2.05) is 43.3 Å². The van der Waals surface area contributed by atoms with Gasteiger partial charge in [-0.05, 0) is 49.2 Å². The first-order chi connectivity index (χ1) is 15.1. The van der Waals surface area contributed by atoms with Gasteiger partial charge in [-0.3, -0.25) is 9.59 Å². The minimum absolute atomic E-state index is 0.158. The fourth-order valence-electron chi connectivity index (χ4n) is 3.15. The maximum absolute atomic E-state index is 12.9. The molecule has 3 aromatic carbocycles. The van der Waals surface area contributed by atoms with Gasteiger partial charge in [0.25, 0.3) is 11.8 Å². The molecule has 1 unspecified atom stereocenters. The quantitative estimate of drug-likeness (QED) is 0.446. The van der Waals surface area contributed by atoms with Gasteiger partial charge < -0.3 is 15.4 Å². The average Bonchev–Trinajstić information content (AvgIpc) is 2.80. The van der Waals surface area contributed by atoms with Crippen molar-refractivity contribution in [2.45, 2.75) is 32.7 Å². The van der Waals surface area contributed by atoms with Crippen LogP contribution in [0.1, 0.15) is 59.0 Å². The van der Waals surface area contributed by atoms with Crippen molar-refractivity contribution in [3.8, 4) is 5.75 Å². The molecule has 0 bridgehead atoms. The van der Waals surface area contributed by atoms with E-state index in [0.717, 1.165) is 18.4 Å². The van der Waals surface area contributed by atoms with Gasteiger partial charge in [0.1, 0.15) is 5.75 Å². The van der Waals surface area contributed by atoms with Crippen molar-refractivity contribution in [1.82, 2.24) is 5.32 Å². The summed E-state index contributed by atoms with van der Waals surface area (Å²) >= 11 is 0. The zero-order valence-electron chi connectivity index (χ0n) is 17.9. The lowest BCUT2D eigenvalue weighted by Crippen LogP contribution is -2.28. The molecule has 1 atom stereocenters. The van der Waals surface area contributed by atoms with E-state index in [-0.39, 0.29) is 17.9 Å². The van der Waals surface area contributed by atoms with E-state index in [0.29, 0.717) is 29.2 Å². The number of hydrogen-bond donors (Lipinski definition) is 2. The first-order valence-corrected chi connectivity index (χ1v) is 10.6. The summed E-state index contributed by atoms with van der Waals surface area (Å²) in [5, 5.41) is 5.85. The maximum atomic E-state index is 12.9. The fraction of sp³-hybridized carbons (Fsp3) is 0.231. The monoisotopic (exact) mass is 416 g/mol. The molecule has 5 nitrogen and oxygen atoms in total. The van der Waals surface area contributed by atoms with E-state index in [2.05, 4.69) is 17.6 Å². The summed E-state index contributed by atoms with van der Waals surface area (Å²) in [6, 6.07) is 23.6. The highest BCUT2D eigenvalue weighted by Crippen LogP contribution is 2.20. The van der Waals surface area contributed by atoms with Crippen molar-refractivity contribution in [2.24, 2.45) is 0 Å². The smallest absolute Gasteiger partial charge is 0.255 e. The Labute approximate surface area is 183 Å². The van der Waals surface area contributed by atoms with Crippen LogP contribution in [0.3, 0.4) is 0 Å². The number of benzene rings is 3. The number of carbonyl (C=O) groups excluding carboxylic acids is 2. The number of nitrogens with one attached hydrogen (secondary N) is 2. The van der Waals surface area contributed by atoms with Crippen LogP contribution in [0.25, 0.3) is 0 Å². The van der Waals surface area contributed by atoms with Crippen LogP contribution in [0.4, 0.5) is 5.69 Å². The summed E-state index contributed by atoms with van der Waals surface area (Å²) in [4.78, 5) is 25.7. The molecule has 0 fully saturated rings. The Balaban J connectivity index is 1.71. The molecule has 0 saturated carbocycles. The highest BCUT2D eigenvalue weighted by atomic mass is 16.5. The van der Waals surface area contributed by atoms with Gasteiger partial charge >= 0.3 is 0 Å². The second-order valence-electron chi connectivity index (χ2n) is 7.34. The van der Waals surface area contributed by atoms with E-state index >= 15 is 0 Å². The molecule has 0 saturated heterocycles. The first-order valence-electron chi connectivity index (χ1n) is 10.6. The Morgan fingerprint density at radius 1 is 0.903 bits per heavy atom. The van der Waals surface area contributed by atoms with Gasteiger partial charge in [-0.15, -0.1) is 0 Å². The molecule has 3 aromatic rings. The predicted octanol–water partition coefficient (Wildman–Crippen LogP) is 5.61. The molecule has 0 aliphatic heterocycles. The normalized spacial score (nSPS) is 11.4. The Morgan fingerprint density at radius 2 is 1.65 bits per heavy atom. The number of unbranched alkanes of at least 4 members (excludes halogenated alkanes) is 1. The van der Waals surface area contributed by atoms with Crippen LogP contribution in [0.5, 0.6) is 5.75 Å². The molecule has 3 rings (SSSR count). The fourth-order valence-corrected chi connectivity index (χ4v) is 3.15. The van der Waals surface area contributed by atoms with Crippen LogP contribution in [-0.2, 0) is 0 Å². The second-order valence-corrected chi connectivity index (χ2v) is 7.34. The molecule has 160 valence electrons. The van der Waals surface area contributed by atoms with Crippen LogP contribution in [0.2, 0.25) is 0 Å². The summed E-state index contributed by atoms with van der Waals surface area (Å²) in [6.45, 7) is 4.64. The van der Waals surface area contributed by atoms with Crippen molar-refractivity contribution >= 4 is 17.5 Å². The number of ether oxygens (including phenoxy) is 1. The molecule has 0 radical (unpaired) electrons. The minimum atomic E-state index is -0.294. The highest BCUT2D eigenvalue weighted by Gasteiger charge is 2.17. The molecule has 2 amide bonds. The topological polar surface area (TPSA) is 67.4 Å². The van der Waals surface area contributed by atoms with Crippen LogP contribution in [0.15, 0.2) is 78.9 Å². The molecule has 2 N–H and O–H groups in total. The zero-order valence-corrected chi connectivity index (χ0v) is 17.9. The predicted molar refractivity (Wildman–Crippen MR) is 124 cm³/mol. The van der Waals surface area contributed by atoms with Gasteiger partial charge in [0.15, 0.2) is 0 Å². The number of amides is 2. The third-order valence-corrected chi connectivity index (χ3v) is 4.93. The summed E-state index contributed by atoms with van der Waals surface area (Å²) in [7, 11) is 0. The lowest BCUT2D eigenvalue weighted by Gasteiger charge is -2.16. The van der Waals surface area contributed by atoms with Gasteiger partial charge in [-0.2, -0.15) is 0 Å². The van der Waals surface area contributed by atoms with Gasteiger partial charge in [0.2, 0.25) is 0 Å². The van der Waals surface area contributed by atoms with Crippen molar-refractivity contribution in [2.75, 3.05) is 11.9 Å². The molecule has 5 heteroatoms. The molecule has 31 heavy (non-hydrogen) atoms. The van der Waals surface area contributed by atoms with Crippen LogP contribution < -0.4 is 15.4 Å². The maximum Gasteiger partial charge on any atom is 0.255 e. The number of anilines is 1. The molecule has 0 heterocycles. The summed E-state index contributed by atoms with van der Waals surface area (Å²) in [5.41, 5.74) is 2.36. The first kappa shape index (κ1) is 22.1. The van der Waals surface area contributed by atoms with Crippen LogP contribution in [0, 0.1) is 0 Å². The minimum Gasteiger partial charge on any atom is -0.494 e. The molecular formula is C26H28N2O3. The SMILES string of the molecule is CCCCOc1cccc(C(=O)Nc2ccccc2C(=O)NC(C)c2ccccc2)c1. The van der Waals surface area contributed by atoms with Crippen molar-refractivity contribution in [3.63, 3.8) is 0 Å². The zero-order chi connectivity index (χ0) is 22.1. The Bertz CT molecular complexity index is 1020. The number of rotatable bonds is 9. The highest BCUT2D eigenvalue weighted by molar-refractivity contribution is 6.09. The molecule has 0 spiro atoms. The van der Waals surface area contributed by atoms with E-state index in [1.165, 1.54) is 0 Å². The summed E-state index contributed by atoms with van der Waals surface area (Å²) in [6.07, 6.45) is 2.00. The van der Waals surface area contributed by atoms with Crippen molar-refractivity contribution < 1.29 is 14.3 Å². The third-order valence-electron chi connectivity index (χ3n) is 4.93. The Morgan fingerprint density at radius 3 is 2.42 bits per heavy atom. The van der Waals surface area contributed by atoms with E-state index in [1.54, 1.807) is 42.5 Å². The standard InChI is InChI=1S/C26H28N2O3/c1-3-4-17-31-22-14-10-13-21(18-22)25(29)28-24-16-9-8-15-23(24)26(30)27-19(2)20-11-6-5-7-12-20/h5-16,18-19H,3-4,17H2,1-2H3,(H,27,30)(H,28,29). The number of carbonyl (C=O) groups is 2. The Kier molecular flexibility index (Phi) is 7.82. The van der Waals surface area contributed by atoms with Crippen LogP contribution in [-0.4, -0.2) is 18.4 Å². The largest absolute Gasteiger partial charge is 0.494 e. The molecular weight excluding hydrogens is 388 g/mol. The lowest BCUT2D eigenvalue weighted by molar-refractivity contribution is 0.0940. The van der Waals surface area contributed by atoms with Crippen molar-refractivity contribution in [1.29, 1.82) is 0 Å². The molecule has 0 aromatic heterocycles. The number of hydrogen-bond acceptors (Lipinski definition) is 3. The summed E-state index contributed by atoms with van der Waals surface area (Å²) < 4.78 is 5.69. The Hall–Kier alpha value is -3.60. The van der Waals surface area contributed by atoms with Gasteiger partial charge in [0, 0.05) is 5.56 Å². The van der Waals surface area contributed by atoms with Gasteiger partial charge in [-0.1, -0.05) is 61.9 Å². The number of para-hydroxylation sites is 1. The third kappa shape index (κ3) is 6.19. The second kappa shape index (κ2) is 11.0.